The van der Waals surface area contributed by atoms with Crippen LogP contribution < -0.4 is 10.6 Å². The van der Waals surface area contributed by atoms with Crippen molar-refractivity contribution < 1.29 is 14.7 Å². The van der Waals surface area contributed by atoms with Gasteiger partial charge in [0, 0.05) is 11.4 Å². The third kappa shape index (κ3) is 2.82. The first-order chi connectivity index (χ1) is 8.65. The Hall–Kier alpha value is -2.90. The van der Waals surface area contributed by atoms with E-state index in [4.69, 9.17) is 5.11 Å². The molecule has 0 aliphatic carbocycles. The summed E-state index contributed by atoms with van der Waals surface area (Å²) in [5.74, 6) is -0.400. The van der Waals surface area contributed by atoms with Crippen LogP contribution >= 0.6 is 0 Å². The Morgan fingerprint density at radius 3 is 2.22 bits per heavy atom. The summed E-state index contributed by atoms with van der Waals surface area (Å²) >= 11 is 0. The standard InChI is InChI=1S/C10H9N5O3/c16-9(8-5-11-15-14-8)12-6-1-3-7(4-2-6)13-10(17)18/h1-5,13H,(H,12,16)(H,17,18)(H,11,14,15). The number of carbonyl (C=O) groups excluding carboxylic acids is 1. The number of amides is 2. The fourth-order valence-electron chi connectivity index (χ4n) is 1.27. The Kier molecular flexibility index (Phi) is 3.19. The van der Waals surface area contributed by atoms with Crippen LogP contribution in [0, 0.1) is 0 Å². The molecule has 0 unspecified atom stereocenters. The maximum absolute atomic E-state index is 11.6. The van der Waals surface area contributed by atoms with Crippen molar-refractivity contribution in [3.63, 3.8) is 0 Å². The highest BCUT2D eigenvalue weighted by Crippen LogP contribution is 2.14. The molecule has 0 saturated carbocycles. The number of hydrogen-bond acceptors (Lipinski definition) is 4. The molecule has 0 saturated heterocycles. The van der Waals surface area contributed by atoms with Gasteiger partial charge in [0.1, 0.15) is 0 Å². The van der Waals surface area contributed by atoms with E-state index in [9.17, 15) is 9.59 Å². The van der Waals surface area contributed by atoms with Gasteiger partial charge in [-0.1, -0.05) is 0 Å². The van der Waals surface area contributed by atoms with Gasteiger partial charge < -0.3 is 10.4 Å². The number of H-pyrrole nitrogens is 1. The maximum atomic E-state index is 11.6. The number of aromatic amines is 1. The van der Waals surface area contributed by atoms with Crippen LogP contribution in [-0.4, -0.2) is 32.5 Å². The molecule has 0 atom stereocenters. The van der Waals surface area contributed by atoms with Gasteiger partial charge in [-0.05, 0) is 24.3 Å². The van der Waals surface area contributed by atoms with Crippen molar-refractivity contribution in [2.75, 3.05) is 10.6 Å². The van der Waals surface area contributed by atoms with Crippen LogP contribution in [0.4, 0.5) is 16.2 Å². The molecule has 8 nitrogen and oxygen atoms in total. The summed E-state index contributed by atoms with van der Waals surface area (Å²) in [6.45, 7) is 0. The molecule has 8 heteroatoms. The Morgan fingerprint density at radius 2 is 1.72 bits per heavy atom. The maximum Gasteiger partial charge on any atom is 0.409 e. The highest BCUT2D eigenvalue weighted by atomic mass is 16.4. The van der Waals surface area contributed by atoms with E-state index in [-0.39, 0.29) is 5.69 Å². The second-order valence-electron chi connectivity index (χ2n) is 3.32. The van der Waals surface area contributed by atoms with E-state index >= 15 is 0 Å². The fourth-order valence-corrected chi connectivity index (χ4v) is 1.27. The molecule has 1 aromatic heterocycles. The van der Waals surface area contributed by atoms with E-state index in [0.29, 0.717) is 11.4 Å². The highest BCUT2D eigenvalue weighted by Gasteiger charge is 2.08. The smallest absolute Gasteiger partial charge is 0.409 e. The van der Waals surface area contributed by atoms with Crippen LogP contribution in [0.5, 0.6) is 0 Å². The average Bonchev–Trinajstić information content (AvgIpc) is 2.84. The SMILES string of the molecule is O=C(O)Nc1ccc(NC(=O)c2cn[nH]n2)cc1. The van der Waals surface area contributed by atoms with Crippen LogP contribution in [-0.2, 0) is 0 Å². The van der Waals surface area contributed by atoms with Gasteiger partial charge in [-0.25, -0.2) is 4.79 Å². The van der Waals surface area contributed by atoms with Gasteiger partial charge in [-0.15, -0.1) is 0 Å². The van der Waals surface area contributed by atoms with E-state index in [0.717, 1.165) is 0 Å². The molecular formula is C10H9N5O3. The topological polar surface area (TPSA) is 120 Å². The number of nitrogens with zero attached hydrogens (tertiary/aromatic N) is 2. The van der Waals surface area contributed by atoms with Crippen molar-refractivity contribution >= 4 is 23.4 Å². The minimum atomic E-state index is -1.14. The summed E-state index contributed by atoms with van der Waals surface area (Å²) < 4.78 is 0. The molecule has 0 bridgehead atoms. The number of aromatic nitrogens is 3. The minimum Gasteiger partial charge on any atom is -0.465 e. The first-order valence-electron chi connectivity index (χ1n) is 4.92. The van der Waals surface area contributed by atoms with Crippen molar-refractivity contribution in [2.45, 2.75) is 0 Å². The molecule has 2 aromatic rings. The quantitative estimate of drug-likeness (QED) is 0.648. The number of anilines is 2. The fraction of sp³-hybridized carbons (Fsp3) is 0. The second-order valence-corrected chi connectivity index (χ2v) is 3.32. The lowest BCUT2D eigenvalue weighted by Gasteiger charge is -2.04. The summed E-state index contributed by atoms with van der Waals surface area (Å²) in [5.41, 5.74) is 1.11. The molecule has 0 aliphatic rings. The number of rotatable bonds is 3. The van der Waals surface area contributed by atoms with Gasteiger partial charge in [0.25, 0.3) is 5.91 Å². The van der Waals surface area contributed by atoms with Crippen LogP contribution in [0.3, 0.4) is 0 Å². The van der Waals surface area contributed by atoms with Gasteiger partial charge in [-0.2, -0.15) is 15.4 Å². The molecule has 2 amide bonds. The first kappa shape index (κ1) is 11.6. The molecule has 0 fully saturated rings. The van der Waals surface area contributed by atoms with Gasteiger partial charge >= 0.3 is 6.09 Å². The van der Waals surface area contributed by atoms with E-state index in [1.807, 2.05) is 0 Å². The lowest BCUT2D eigenvalue weighted by atomic mass is 10.2. The Bertz CT molecular complexity index is 549. The molecule has 0 spiro atoms. The summed E-state index contributed by atoms with van der Waals surface area (Å²) in [7, 11) is 0. The first-order valence-corrected chi connectivity index (χ1v) is 4.92. The predicted molar refractivity (Wildman–Crippen MR) is 62.4 cm³/mol. The van der Waals surface area contributed by atoms with Crippen LogP contribution in [0.2, 0.25) is 0 Å². The molecular weight excluding hydrogens is 238 g/mol. The third-order valence-electron chi connectivity index (χ3n) is 2.04. The highest BCUT2D eigenvalue weighted by molar-refractivity contribution is 6.02. The zero-order valence-electron chi connectivity index (χ0n) is 9.04. The zero-order valence-corrected chi connectivity index (χ0v) is 9.04. The minimum absolute atomic E-state index is 0.169. The second kappa shape index (κ2) is 4.95. The lowest BCUT2D eigenvalue weighted by molar-refractivity contribution is 0.102. The number of benzene rings is 1. The van der Waals surface area contributed by atoms with Crippen molar-refractivity contribution in [1.82, 2.24) is 15.4 Å². The van der Waals surface area contributed by atoms with Crippen LogP contribution in [0.1, 0.15) is 10.5 Å². The van der Waals surface area contributed by atoms with E-state index in [2.05, 4.69) is 26.0 Å². The van der Waals surface area contributed by atoms with Crippen molar-refractivity contribution in [2.24, 2.45) is 0 Å². The molecule has 0 radical (unpaired) electrons. The Balaban J connectivity index is 2.02. The van der Waals surface area contributed by atoms with Gasteiger partial charge in [0.05, 0.1) is 6.20 Å². The van der Waals surface area contributed by atoms with Crippen LogP contribution in [0.25, 0.3) is 0 Å². The molecule has 0 aliphatic heterocycles. The third-order valence-corrected chi connectivity index (χ3v) is 2.04. The number of hydrogen-bond donors (Lipinski definition) is 4. The monoisotopic (exact) mass is 247 g/mol. The molecule has 1 aromatic carbocycles. The predicted octanol–water partition coefficient (Wildman–Crippen LogP) is 1.15. The number of carbonyl (C=O) groups is 2. The molecule has 2 rings (SSSR count). The normalized spacial score (nSPS) is 9.78. The number of nitrogens with one attached hydrogen (secondary N) is 3. The Labute approximate surface area is 101 Å². The van der Waals surface area contributed by atoms with E-state index < -0.39 is 12.0 Å². The lowest BCUT2D eigenvalue weighted by Crippen LogP contribution is -2.12. The summed E-state index contributed by atoms with van der Waals surface area (Å²) in [5, 5.41) is 22.8. The van der Waals surface area contributed by atoms with E-state index in [1.54, 1.807) is 12.1 Å². The van der Waals surface area contributed by atoms with E-state index in [1.165, 1.54) is 18.3 Å². The van der Waals surface area contributed by atoms with Crippen molar-refractivity contribution in [3.8, 4) is 0 Å². The zero-order chi connectivity index (χ0) is 13.0. The number of carboxylic acid groups (broad SMARTS) is 1. The molecule has 1 heterocycles. The molecule has 92 valence electrons. The Morgan fingerprint density at radius 1 is 1.11 bits per heavy atom. The van der Waals surface area contributed by atoms with Crippen molar-refractivity contribution in [3.05, 3.63) is 36.2 Å². The summed E-state index contributed by atoms with van der Waals surface area (Å²) in [6.07, 6.45) is 0.157. The molecule has 18 heavy (non-hydrogen) atoms. The molecule has 4 N–H and O–H groups in total. The van der Waals surface area contributed by atoms with Gasteiger partial charge in [0.2, 0.25) is 0 Å². The van der Waals surface area contributed by atoms with Crippen LogP contribution in [0.15, 0.2) is 30.5 Å². The summed E-state index contributed by atoms with van der Waals surface area (Å²) in [6, 6.07) is 6.21. The largest absolute Gasteiger partial charge is 0.465 e. The summed E-state index contributed by atoms with van der Waals surface area (Å²) in [4.78, 5) is 22.0. The average molecular weight is 247 g/mol. The van der Waals surface area contributed by atoms with Gasteiger partial charge in [0.15, 0.2) is 5.69 Å². The van der Waals surface area contributed by atoms with Gasteiger partial charge in [-0.3, -0.25) is 10.1 Å². The van der Waals surface area contributed by atoms with Crippen molar-refractivity contribution in [1.29, 1.82) is 0 Å².